The molecule has 0 aromatic carbocycles. The Bertz CT molecular complexity index is 1130. The average Bonchev–Trinajstić information content (AvgIpc) is 3.35. The van der Waals surface area contributed by atoms with E-state index in [-0.39, 0.29) is 28.8 Å². The fourth-order valence-electron chi connectivity index (χ4n) is 2.64. The first-order chi connectivity index (χ1) is 15.1. The molecule has 0 unspecified atom stereocenters. The molecular weight excluding hydrogens is 483 g/mol. The van der Waals surface area contributed by atoms with Gasteiger partial charge >= 0.3 is 12.1 Å². The summed E-state index contributed by atoms with van der Waals surface area (Å²) in [7, 11) is 0. The highest BCUT2D eigenvalue weighted by Gasteiger charge is 2.34. The van der Waals surface area contributed by atoms with Crippen LogP contribution in [0.1, 0.15) is 33.4 Å². The van der Waals surface area contributed by atoms with Gasteiger partial charge in [-0.3, -0.25) is 4.79 Å². The van der Waals surface area contributed by atoms with Crippen LogP contribution in [-0.2, 0) is 15.7 Å². The molecule has 0 saturated carbocycles. The Morgan fingerprint density at radius 3 is 2.62 bits per heavy atom. The highest BCUT2D eigenvalue weighted by Crippen LogP contribution is 2.35. The van der Waals surface area contributed by atoms with Crippen molar-refractivity contribution in [3.63, 3.8) is 0 Å². The van der Waals surface area contributed by atoms with Crippen molar-refractivity contribution in [2.45, 2.75) is 32.1 Å². The number of aromatic nitrogens is 2. The van der Waals surface area contributed by atoms with E-state index in [2.05, 4.69) is 15.3 Å². The minimum atomic E-state index is -4.65. The fraction of sp³-hybridized carbons (Fsp3) is 0.300. The summed E-state index contributed by atoms with van der Waals surface area (Å²) in [6.45, 7) is 5.44. The Morgan fingerprint density at radius 2 is 2.00 bits per heavy atom. The first kappa shape index (κ1) is 24.2. The summed E-state index contributed by atoms with van der Waals surface area (Å²) in [5.41, 5.74) is 0.0495. The van der Waals surface area contributed by atoms with Crippen molar-refractivity contribution in [3.05, 3.63) is 45.3 Å². The van der Waals surface area contributed by atoms with Gasteiger partial charge in [-0.05, 0) is 43.8 Å². The van der Waals surface area contributed by atoms with Crippen LogP contribution in [0.4, 0.5) is 18.2 Å². The molecule has 0 aliphatic rings. The van der Waals surface area contributed by atoms with Crippen molar-refractivity contribution in [1.82, 2.24) is 9.97 Å². The molecule has 3 aromatic rings. The van der Waals surface area contributed by atoms with Gasteiger partial charge in [0.25, 0.3) is 0 Å². The molecule has 0 saturated heterocycles. The Hall–Kier alpha value is -2.44. The summed E-state index contributed by atoms with van der Waals surface area (Å²) in [5.74, 6) is -1.27. The first-order valence-corrected chi connectivity index (χ1v) is 12.0. The number of esters is 1. The number of carbonyl (C=O) groups is 2. The molecule has 0 aliphatic carbocycles. The van der Waals surface area contributed by atoms with Gasteiger partial charge in [-0.1, -0.05) is 17.8 Å². The number of hydrogen-bond donors (Lipinski definition) is 1. The number of thioether (sulfide) groups is 1. The molecule has 0 bridgehead atoms. The van der Waals surface area contributed by atoms with Crippen molar-refractivity contribution in [1.29, 1.82) is 0 Å². The Kier molecular flexibility index (Phi) is 7.57. The van der Waals surface area contributed by atoms with E-state index < -0.39 is 23.7 Å². The number of aryl methyl sites for hydroxylation is 1. The van der Waals surface area contributed by atoms with Crippen LogP contribution in [0.3, 0.4) is 0 Å². The number of halogens is 3. The Balaban J connectivity index is 1.78. The molecule has 0 atom stereocenters. The number of thiophene rings is 2. The minimum absolute atomic E-state index is 0.138. The Labute approximate surface area is 194 Å². The van der Waals surface area contributed by atoms with Gasteiger partial charge in [-0.25, -0.2) is 14.8 Å². The maximum atomic E-state index is 13.3. The summed E-state index contributed by atoms with van der Waals surface area (Å²) in [5, 5.41) is 4.56. The number of nitrogens with zero attached hydrogens (tertiary/aromatic N) is 2. The highest BCUT2D eigenvalue weighted by molar-refractivity contribution is 7.99. The van der Waals surface area contributed by atoms with Gasteiger partial charge in [0, 0.05) is 4.88 Å². The second-order valence-electron chi connectivity index (χ2n) is 6.44. The minimum Gasteiger partial charge on any atom is -0.462 e. The van der Waals surface area contributed by atoms with Gasteiger partial charge in [0.15, 0.2) is 5.16 Å². The maximum absolute atomic E-state index is 13.3. The monoisotopic (exact) mass is 501 g/mol. The van der Waals surface area contributed by atoms with Gasteiger partial charge in [-0.2, -0.15) is 13.2 Å². The van der Waals surface area contributed by atoms with E-state index in [4.69, 9.17) is 4.74 Å². The van der Waals surface area contributed by atoms with Crippen molar-refractivity contribution < 1.29 is 27.5 Å². The molecule has 12 heteroatoms. The van der Waals surface area contributed by atoms with Crippen LogP contribution in [0.15, 0.2) is 28.7 Å². The van der Waals surface area contributed by atoms with E-state index in [9.17, 15) is 22.8 Å². The van der Waals surface area contributed by atoms with E-state index in [1.54, 1.807) is 31.4 Å². The molecule has 1 amide bonds. The molecule has 3 heterocycles. The molecule has 6 nitrogen and oxygen atoms in total. The van der Waals surface area contributed by atoms with Crippen LogP contribution in [0.2, 0.25) is 0 Å². The first-order valence-electron chi connectivity index (χ1n) is 9.30. The van der Waals surface area contributed by atoms with Crippen LogP contribution in [0, 0.1) is 13.8 Å². The SMILES string of the molecule is CCOC(=O)c1c(NC(=O)CSc2nc(-c3cccs3)cc(C(F)(F)F)n2)sc(C)c1C. The molecule has 0 aliphatic heterocycles. The number of rotatable bonds is 7. The molecule has 0 radical (unpaired) electrons. The third-order valence-corrected chi connectivity index (χ3v) is 7.08. The van der Waals surface area contributed by atoms with Crippen LogP contribution in [0.25, 0.3) is 10.6 Å². The second kappa shape index (κ2) is 10.0. The number of amides is 1. The average molecular weight is 502 g/mol. The van der Waals surface area contributed by atoms with E-state index in [0.29, 0.717) is 15.4 Å². The summed E-state index contributed by atoms with van der Waals surface area (Å²) in [6.07, 6.45) is -4.65. The van der Waals surface area contributed by atoms with E-state index >= 15 is 0 Å². The van der Waals surface area contributed by atoms with Crippen LogP contribution in [-0.4, -0.2) is 34.2 Å². The third kappa shape index (κ3) is 5.67. The fourth-order valence-corrected chi connectivity index (χ4v) is 5.05. The van der Waals surface area contributed by atoms with E-state index in [1.165, 1.54) is 22.7 Å². The van der Waals surface area contributed by atoms with Gasteiger partial charge in [0.2, 0.25) is 5.91 Å². The summed E-state index contributed by atoms with van der Waals surface area (Å²) >= 11 is 3.27. The predicted molar refractivity (Wildman–Crippen MR) is 119 cm³/mol. The highest BCUT2D eigenvalue weighted by atomic mass is 32.2. The molecule has 0 fully saturated rings. The molecule has 170 valence electrons. The lowest BCUT2D eigenvalue weighted by Crippen LogP contribution is -2.17. The smallest absolute Gasteiger partial charge is 0.433 e. The second-order valence-corrected chi connectivity index (χ2v) is 9.56. The topological polar surface area (TPSA) is 81.2 Å². The molecule has 1 N–H and O–H groups in total. The van der Waals surface area contributed by atoms with E-state index in [1.807, 2.05) is 6.92 Å². The normalized spacial score (nSPS) is 11.4. The molecule has 32 heavy (non-hydrogen) atoms. The lowest BCUT2D eigenvalue weighted by molar-refractivity contribution is -0.141. The number of alkyl halides is 3. The van der Waals surface area contributed by atoms with Crippen LogP contribution < -0.4 is 5.32 Å². The predicted octanol–water partition coefficient (Wildman–Crippen LogP) is 5.81. The molecule has 3 rings (SSSR count). The number of nitrogens with one attached hydrogen (secondary N) is 1. The van der Waals surface area contributed by atoms with Crippen LogP contribution >= 0.6 is 34.4 Å². The number of carbonyl (C=O) groups excluding carboxylic acids is 2. The van der Waals surface area contributed by atoms with Crippen molar-refractivity contribution >= 4 is 51.3 Å². The van der Waals surface area contributed by atoms with Gasteiger partial charge in [-0.15, -0.1) is 22.7 Å². The zero-order chi connectivity index (χ0) is 23.5. The summed E-state index contributed by atoms with van der Waals surface area (Å²) < 4.78 is 44.9. The maximum Gasteiger partial charge on any atom is 0.433 e. The molecule has 0 spiro atoms. The van der Waals surface area contributed by atoms with E-state index in [0.717, 1.165) is 22.7 Å². The Morgan fingerprint density at radius 1 is 1.25 bits per heavy atom. The zero-order valence-electron chi connectivity index (χ0n) is 17.2. The quantitative estimate of drug-likeness (QED) is 0.250. The largest absolute Gasteiger partial charge is 0.462 e. The lowest BCUT2D eigenvalue weighted by Gasteiger charge is -2.10. The molecule has 3 aromatic heterocycles. The van der Waals surface area contributed by atoms with Gasteiger partial charge < -0.3 is 10.1 Å². The van der Waals surface area contributed by atoms with Crippen LogP contribution in [0.5, 0.6) is 0 Å². The van der Waals surface area contributed by atoms with Gasteiger partial charge in [0.05, 0.1) is 28.5 Å². The summed E-state index contributed by atoms with van der Waals surface area (Å²) in [4.78, 5) is 33.9. The standard InChI is InChI=1S/C20H18F3N3O3S3/c1-4-29-18(28)16-10(2)11(3)32-17(16)26-15(27)9-31-19-24-12(13-6-5-7-30-13)8-14(25-19)20(21,22)23/h5-8H,4,9H2,1-3H3,(H,26,27). The molecular formula is C20H18F3N3O3S3. The van der Waals surface area contributed by atoms with Crippen molar-refractivity contribution in [3.8, 4) is 10.6 Å². The summed E-state index contributed by atoms with van der Waals surface area (Å²) in [6, 6.07) is 4.26. The number of anilines is 1. The van der Waals surface area contributed by atoms with Crippen molar-refractivity contribution in [2.75, 3.05) is 17.7 Å². The number of ether oxygens (including phenoxy) is 1. The van der Waals surface area contributed by atoms with Gasteiger partial charge in [0.1, 0.15) is 10.7 Å². The lowest BCUT2D eigenvalue weighted by atomic mass is 10.1. The number of hydrogen-bond acceptors (Lipinski definition) is 8. The third-order valence-electron chi connectivity index (χ3n) is 4.22. The van der Waals surface area contributed by atoms with Crippen molar-refractivity contribution in [2.24, 2.45) is 0 Å². The zero-order valence-corrected chi connectivity index (χ0v) is 19.7.